The highest BCUT2D eigenvalue weighted by molar-refractivity contribution is 5.98. The van der Waals surface area contributed by atoms with Crippen LogP contribution in [-0.2, 0) is 14.3 Å². The fraction of sp³-hybridized carbons (Fsp3) is 0.304. The van der Waals surface area contributed by atoms with Gasteiger partial charge in [-0.15, -0.1) is 0 Å². The Morgan fingerprint density at radius 3 is 2.72 bits per heavy atom. The summed E-state index contributed by atoms with van der Waals surface area (Å²) in [6, 6.07) is 17.6. The number of amides is 1. The molecule has 152 valence electrons. The third-order valence-corrected chi connectivity index (χ3v) is 4.63. The van der Waals surface area contributed by atoms with Crippen molar-refractivity contribution in [1.29, 1.82) is 0 Å². The quantitative estimate of drug-likeness (QED) is 0.490. The van der Waals surface area contributed by atoms with Gasteiger partial charge in [-0.25, -0.2) is 0 Å². The highest BCUT2D eigenvalue weighted by Crippen LogP contribution is 2.21. The number of rotatable bonds is 11. The number of ether oxygens (including phenoxy) is 2. The van der Waals surface area contributed by atoms with Crippen LogP contribution in [0, 0.1) is 0 Å². The van der Waals surface area contributed by atoms with Gasteiger partial charge in [0.1, 0.15) is 0 Å². The number of fused-ring (bicyclic) bond motifs is 1. The van der Waals surface area contributed by atoms with E-state index in [2.05, 4.69) is 15.6 Å². The van der Waals surface area contributed by atoms with Gasteiger partial charge in [0.15, 0.2) is 0 Å². The van der Waals surface area contributed by atoms with Crippen molar-refractivity contribution in [1.82, 2.24) is 10.3 Å². The van der Waals surface area contributed by atoms with Gasteiger partial charge in [-0.2, -0.15) is 0 Å². The number of benzene rings is 2. The van der Waals surface area contributed by atoms with Crippen LogP contribution in [0.1, 0.15) is 11.5 Å². The van der Waals surface area contributed by atoms with Crippen molar-refractivity contribution >= 4 is 22.4 Å². The molecular weight excluding hydrogens is 366 g/mol. The predicted molar refractivity (Wildman–Crippen MR) is 115 cm³/mol. The maximum absolute atomic E-state index is 13.0. The van der Waals surface area contributed by atoms with Gasteiger partial charge in [-0.3, -0.25) is 9.78 Å². The van der Waals surface area contributed by atoms with Crippen LogP contribution in [0.2, 0.25) is 0 Å². The summed E-state index contributed by atoms with van der Waals surface area (Å²) in [6.07, 6.45) is 3.56. The summed E-state index contributed by atoms with van der Waals surface area (Å²) >= 11 is 0. The number of nitrogens with one attached hydrogen (secondary N) is 2. The normalized spacial score (nSPS) is 12.0. The lowest BCUT2D eigenvalue weighted by Gasteiger charge is -2.18. The van der Waals surface area contributed by atoms with E-state index in [9.17, 15) is 4.79 Å². The van der Waals surface area contributed by atoms with E-state index in [-0.39, 0.29) is 11.8 Å². The van der Waals surface area contributed by atoms with Crippen molar-refractivity contribution in [2.75, 3.05) is 45.3 Å². The maximum Gasteiger partial charge on any atom is 0.233 e. The van der Waals surface area contributed by atoms with Crippen molar-refractivity contribution in [2.45, 2.75) is 5.92 Å². The first kappa shape index (κ1) is 20.9. The lowest BCUT2D eigenvalue weighted by Crippen LogP contribution is -2.32. The summed E-state index contributed by atoms with van der Waals surface area (Å²) in [5.74, 6) is -0.347. The van der Waals surface area contributed by atoms with E-state index in [0.717, 1.165) is 22.0 Å². The summed E-state index contributed by atoms with van der Waals surface area (Å²) in [5, 5.41) is 8.46. The van der Waals surface area contributed by atoms with Crippen molar-refractivity contribution < 1.29 is 14.3 Å². The van der Waals surface area contributed by atoms with Crippen LogP contribution in [0.25, 0.3) is 10.8 Å². The molecule has 1 aromatic heterocycles. The first-order valence-corrected chi connectivity index (χ1v) is 9.75. The number of methoxy groups -OCH3 is 1. The largest absolute Gasteiger partial charge is 0.382 e. The molecule has 6 heteroatoms. The molecule has 1 atom stereocenters. The van der Waals surface area contributed by atoms with Gasteiger partial charge in [-0.05, 0) is 29.1 Å². The molecule has 0 aliphatic heterocycles. The van der Waals surface area contributed by atoms with E-state index in [1.54, 1.807) is 13.3 Å². The summed E-state index contributed by atoms with van der Waals surface area (Å²) in [6.45, 7) is 2.92. The van der Waals surface area contributed by atoms with Crippen molar-refractivity contribution in [3.8, 4) is 0 Å². The summed E-state index contributed by atoms with van der Waals surface area (Å²) < 4.78 is 10.4. The smallest absolute Gasteiger partial charge is 0.233 e. The van der Waals surface area contributed by atoms with Crippen LogP contribution in [0.15, 0.2) is 67.0 Å². The second kappa shape index (κ2) is 11.3. The Morgan fingerprint density at radius 1 is 1.03 bits per heavy atom. The molecule has 0 saturated carbocycles. The molecule has 2 N–H and O–H groups in total. The van der Waals surface area contributed by atoms with Crippen LogP contribution in [0.5, 0.6) is 0 Å². The summed E-state index contributed by atoms with van der Waals surface area (Å²) in [5.41, 5.74) is 1.75. The molecule has 0 unspecified atom stereocenters. The standard InChI is InChI=1S/C23H27N3O3/c1-28-13-14-29-12-11-25-17-22(18-5-3-2-4-6-18)23(27)26-21-8-7-20-16-24-10-9-19(20)15-21/h2-10,15-16,22,25H,11-14,17H2,1H3,(H,26,27)/t22-/m1/s1. The lowest BCUT2D eigenvalue weighted by molar-refractivity contribution is -0.117. The molecule has 0 bridgehead atoms. The number of pyridine rings is 1. The number of aromatic nitrogens is 1. The molecule has 3 rings (SSSR count). The molecule has 29 heavy (non-hydrogen) atoms. The number of carbonyl (C=O) groups is 1. The summed E-state index contributed by atoms with van der Waals surface area (Å²) in [7, 11) is 1.65. The van der Waals surface area contributed by atoms with Crippen molar-refractivity contribution in [3.05, 3.63) is 72.6 Å². The van der Waals surface area contributed by atoms with Gasteiger partial charge in [-0.1, -0.05) is 36.4 Å². The third-order valence-electron chi connectivity index (χ3n) is 4.63. The van der Waals surface area contributed by atoms with Crippen LogP contribution in [-0.4, -0.2) is 50.9 Å². The zero-order valence-corrected chi connectivity index (χ0v) is 16.6. The fourth-order valence-corrected chi connectivity index (χ4v) is 3.07. The average Bonchev–Trinajstić information content (AvgIpc) is 2.76. The average molecular weight is 393 g/mol. The molecule has 3 aromatic rings. The van der Waals surface area contributed by atoms with E-state index in [1.807, 2.05) is 60.8 Å². The molecule has 0 spiro atoms. The minimum Gasteiger partial charge on any atom is -0.382 e. The zero-order valence-electron chi connectivity index (χ0n) is 16.6. The first-order valence-electron chi connectivity index (χ1n) is 9.75. The van der Waals surface area contributed by atoms with Crippen molar-refractivity contribution in [2.24, 2.45) is 0 Å². The van der Waals surface area contributed by atoms with Crippen molar-refractivity contribution in [3.63, 3.8) is 0 Å². The Hall–Kier alpha value is -2.80. The molecule has 0 radical (unpaired) electrons. The van der Waals surface area contributed by atoms with Crippen LogP contribution < -0.4 is 10.6 Å². The van der Waals surface area contributed by atoms with Gasteiger partial charge in [0.25, 0.3) is 0 Å². The Morgan fingerprint density at radius 2 is 1.90 bits per heavy atom. The zero-order chi connectivity index (χ0) is 20.3. The number of hydrogen-bond donors (Lipinski definition) is 2. The first-order chi connectivity index (χ1) is 14.3. The highest BCUT2D eigenvalue weighted by atomic mass is 16.5. The molecule has 0 aliphatic rings. The monoisotopic (exact) mass is 393 g/mol. The summed E-state index contributed by atoms with van der Waals surface area (Å²) in [4.78, 5) is 17.2. The highest BCUT2D eigenvalue weighted by Gasteiger charge is 2.20. The van der Waals surface area contributed by atoms with Gasteiger partial charge < -0.3 is 20.1 Å². The van der Waals surface area contributed by atoms with Crippen LogP contribution in [0.3, 0.4) is 0 Å². The SMILES string of the molecule is COCCOCCNC[C@@H](C(=O)Nc1ccc2cnccc2c1)c1ccccc1. The molecule has 6 nitrogen and oxygen atoms in total. The Labute approximate surface area is 171 Å². The lowest BCUT2D eigenvalue weighted by atomic mass is 9.98. The minimum absolute atomic E-state index is 0.0441. The van der Waals surface area contributed by atoms with E-state index < -0.39 is 0 Å². The topological polar surface area (TPSA) is 72.5 Å². The van der Waals surface area contributed by atoms with E-state index >= 15 is 0 Å². The maximum atomic E-state index is 13.0. The second-order valence-corrected chi connectivity index (χ2v) is 6.70. The van der Waals surface area contributed by atoms with Gasteiger partial charge in [0.05, 0.1) is 25.7 Å². The van der Waals surface area contributed by atoms with E-state index in [4.69, 9.17) is 9.47 Å². The Balaban J connectivity index is 1.62. The van der Waals surface area contributed by atoms with Crippen LogP contribution in [0.4, 0.5) is 5.69 Å². The number of carbonyl (C=O) groups excluding carboxylic acids is 1. The number of nitrogens with zero attached hydrogens (tertiary/aromatic N) is 1. The molecule has 0 saturated heterocycles. The Bertz CT molecular complexity index is 902. The molecule has 0 fully saturated rings. The second-order valence-electron chi connectivity index (χ2n) is 6.70. The minimum atomic E-state index is -0.302. The fourth-order valence-electron chi connectivity index (χ4n) is 3.07. The van der Waals surface area contributed by atoms with E-state index in [1.165, 1.54) is 0 Å². The molecule has 2 aromatic carbocycles. The van der Waals surface area contributed by atoms with E-state index in [0.29, 0.717) is 32.9 Å². The molecule has 1 heterocycles. The van der Waals surface area contributed by atoms with Crippen LogP contribution >= 0.6 is 0 Å². The third kappa shape index (κ3) is 6.35. The van der Waals surface area contributed by atoms with Gasteiger partial charge in [0, 0.05) is 43.7 Å². The molecule has 0 aliphatic carbocycles. The number of hydrogen-bond acceptors (Lipinski definition) is 5. The molecule has 1 amide bonds. The predicted octanol–water partition coefficient (Wildman–Crippen LogP) is 3.21. The number of anilines is 1. The molecular formula is C23H27N3O3. The van der Waals surface area contributed by atoms with Gasteiger partial charge >= 0.3 is 0 Å². The Kier molecular flexibility index (Phi) is 8.12. The van der Waals surface area contributed by atoms with Gasteiger partial charge in [0.2, 0.25) is 5.91 Å².